The van der Waals surface area contributed by atoms with E-state index in [0.717, 1.165) is 24.4 Å². The number of hydrogen-bond acceptors (Lipinski definition) is 0. The van der Waals surface area contributed by atoms with Crippen molar-refractivity contribution in [2.45, 2.75) is 33.6 Å². The molecule has 0 radical (unpaired) electrons. The summed E-state index contributed by atoms with van der Waals surface area (Å²) in [5.41, 5.74) is 6.85. The molecule has 0 atom stereocenters. The van der Waals surface area contributed by atoms with E-state index in [1.165, 1.54) is 27.8 Å². The Morgan fingerprint density at radius 1 is 1.18 bits per heavy atom. The van der Waals surface area contributed by atoms with Crippen molar-refractivity contribution in [2.24, 2.45) is 0 Å². The monoisotopic (exact) mass is 225 g/mol. The molecule has 0 saturated heterocycles. The van der Waals surface area contributed by atoms with E-state index in [4.69, 9.17) is 4.42 Å². The molecule has 0 N–H and O–H groups in total. The number of fused-ring (bicyclic) bond motifs is 3. The molecule has 0 fully saturated rings. The molecule has 0 aliphatic heterocycles. The molecule has 17 heavy (non-hydrogen) atoms. The maximum Gasteiger partial charge on any atom is 0.341 e. The summed E-state index contributed by atoms with van der Waals surface area (Å²) in [6, 6.07) is 8.62. The van der Waals surface area contributed by atoms with Gasteiger partial charge >= 0.3 is 11.5 Å². The van der Waals surface area contributed by atoms with E-state index in [2.05, 4.69) is 45.0 Å². The summed E-state index contributed by atoms with van der Waals surface area (Å²) in [7, 11) is 0. The van der Waals surface area contributed by atoms with Crippen molar-refractivity contribution in [1.82, 2.24) is 0 Å². The first kappa shape index (κ1) is 10.5. The lowest BCUT2D eigenvalue weighted by atomic mass is 9.97. The second kappa shape index (κ2) is 3.69. The molecule has 0 unspecified atom stereocenters. The number of rotatable bonds is 1. The van der Waals surface area contributed by atoms with Crippen LogP contribution in [0.2, 0.25) is 0 Å². The Morgan fingerprint density at radius 2 is 1.94 bits per heavy atom. The molecule has 0 bridgehead atoms. The van der Waals surface area contributed by atoms with Gasteiger partial charge in [-0.15, -0.1) is 0 Å². The summed E-state index contributed by atoms with van der Waals surface area (Å²) in [5.74, 6) is 2.22. The van der Waals surface area contributed by atoms with Gasteiger partial charge in [0.2, 0.25) is 0 Å². The third kappa shape index (κ3) is 1.42. The quantitative estimate of drug-likeness (QED) is 0.562. The topological polar surface area (TPSA) is 11.3 Å². The van der Waals surface area contributed by atoms with E-state index < -0.39 is 0 Å². The lowest BCUT2D eigenvalue weighted by molar-refractivity contribution is 0.472. The molecule has 1 heteroatoms. The van der Waals surface area contributed by atoms with Crippen LogP contribution in [-0.4, -0.2) is 0 Å². The van der Waals surface area contributed by atoms with Gasteiger partial charge in [-0.05, 0) is 30.0 Å². The molecule has 0 spiro atoms. The highest BCUT2D eigenvalue weighted by Gasteiger charge is 2.32. The van der Waals surface area contributed by atoms with Gasteiger partial charge in [0.05, 0.1) is 24.5 Å². The Kier molecular flexibility index (Phi) is 2.29. The fourth-order valence-electron chi connectivity index (χ4n) is 3.00. The largest absolute Gasteiger partial charge is 0.341 e. The zero-order chi connectivity index (χ0) is 12.0. The summed E-state index contributed by atoms with van der Waals surface area (Å²) >= 11 is 0. The fourth-order valence-corrected chi connectivity index (χ4v) is 3.00. The zero-order valence-electron chi connectivity index (χ0n) is 10.6. The van der Waals surface area contributed by atoms with E-state index in [1.54, 1.807) is 0 Å². The summed E-state index contributed by atoms with van der Waals surface area (Å²) in [4.78, 5) is 0. The summed E-state index contributed by atoms with van der Waals surface area (Å²) in [5, 5.41) is 0. The van der Waals surface area contributed by atoms with E-state index in [1.807, 2.05) is 0 Å². The molecule has 1 aliphatic carbocycles. The predicted molar refractivity (Wildman–Crippen MR) is 70.2 cm³/mol. The average molecular weight is 225 g/mol. The molecular weight excluding hydrogens is 208 g/mol. The highest BCUT2D eigenvalue weighted by molar-refractivity contribution is 5.78. The van der Waals surface area contributed by atoms with Crippen molar-refractivity contribution in [1.29, 1.82) is 0 Å². The standard InChI is InChI=1S/C16H17O/c1-4-13-10(2)16-14-8-6-5-7-12(14)9-15(16)17-11(13)3/h5-8H,4,9H2,1-3H3/q+1. The molecule has 2 aromatic rings. The van der Waals surface area contributed by atoms with Crippen LogP contribution in [0.5, 0.6) is 0 Å². The van der Waals surface area contributed by atoms with E-state index in [0.29, 0.717) is 0 Å². The first-order chi connectivity index (χ1) is 8.22. The van der Waals surface area contributed by atoms with Crippen LogP contribution in [0.15, 0.2) is 28.7 Å². The van der Waals surface area contributed by atoms with Gasteiger partial charge in [-0.1, -0.05) is 31.2 Å². The molecule has 0 saturated carbocycles. The molecule has 1 aromatic heterocycles. The molecule has 1 aliphatic rings. The van der Waals surface area contributed by atoms with Gasteiger partial charge in [-0.2, -0.15) is 0 Å². The van der Waals surface area contributed by atoms with E-state index in [9.17, 15) is 0 Å². The van der Waals surface area contributed by atoms with Crippen molar-refractivity contribution < 1.29 is 4.42 Å². The van der Waals surface area contributed by atoms with Gasteiger partial charge in [0.15, 0.2) is 0 Å². The Bertz CT molecular complexity index is 597. The summed E-state index contributed by atoms with van der Waals surface area (Å²) in [6.07, 6.45) is 1.98. The Balaban J connectivity index is 2.32. The second-order valence-electron chi connectivity index (χ2n) is 4.75. The van der Waals surface area contributed by atoms with Gasteiger partial charge in [-0.3, -0.25) is 0 Å². The van der Waals surface area contributed by atoms with Crippen LogP contribution in [0.25, 0.3) is 11.1 Å². The third-order valence-corrected chi connectivity index (χ3v) is 3.80. The molecule has 3 rings (SSSR count). The van der Waals surface area contributed by atoms with E-state index in [-0.39, 0.29) is 0 Å². The Morgan fingerprint density at radius 3 is 2.71 bits per heavy atom. The fraction of sp³-hybridized carbons (Fsp3) is 0.312. The third-order valence-electron chi connectivity index (χ3n) is 3.80. The smallest absolute Gasteiger partial charge is 0.217 e. The van der Waals surface area contributed by atoms with Crippen molar-refractivity contribution in [3.63, 3.8) is 0 Å². The van der Waals surface area contributed by atoms with Crippen LogP contribution in [0.1, 0.15) is 35.1 Å². The van der Waals surface area contributed by atoms with Crippen LogP contribution in [0.4, 0.5) is 0 Å². The molecule has 0 amide bonds. The van der Waals surface area contributed by atoms with Gasteiger partial charge in [0.1, 0.15) is 0 Å². The van der Waals surface area contributed by atoms with Crippen molar-refractivity contribution >= 4 is 0 Å². The van der Waals surface area contributed by atoms with Crippen LogP contribution in [0.3, 0.4) is 0 Å². The summed E-state index contributed by atoms with van der Waals surface area (Å²) < 4.78 is 6.01. The van der Waals surface area contributed by atoms with E-state index >= 15 is 0 Å². The molecule has 1 heterocycles. The minimum atomic E-state index is 0.942. The number of benzene rings is 1. The first-order valence-corrected chi connectivity index (χ1v) is 6.25. The molecular formula is C16H17O+. The minimum Gasteiger partial charge on any atom is -0.217 e. The van der Waals surface area contributed by atoms with Gasteiger partial charge in [-0.25, -0.2) is 4.42 Å². The first-order valence-electron chi connectivity index (χ1n) is 6.25. The summed E-state index contributed by atoms with van der Waals surface area (Å²) in [6.45, 7) is 6.50. The van der Waals surface area contributed by atoms with Crippen LogP contribution in [0, 0.1) is 13.8 Å². The SMILES string of the molecule is CCc1c(C)[o+]c2c(c1C)-c1ccccc1C2. The maximum absolute atomic E-state index is 6.01. The molecule has 1 aromatic carbocycles. The highest BCUT2D eigenvalue weighted by Crippen LogP contribution is 2.40. The number of aryl methyl sites for hydroxylation is 1. The van der Waals surface area contributed by atoms with Crippen LogP contribution >= 0.6 is 0 Å². The van der Waals surface area contributed by atoms with Crippen LogP contribution in [-0.2, 0) is 12.8 Å². The van der Waals surface area contributed by atoms with Gasteiger partial charge in [0.25, 0.3) is 0 Å². The highest BCUT2D eigenvalue weighted by atomic mass is 16.3. The van der Waals surface area contributed by atoms with Crippen molar-refractivity contribution in [3.8, 4) is 11.1 Å². The molecule has 1 nitrogen and oxygen atoms in total. The maximum atomic E-state index is 6.01. The van der Waals surface area contributed by atoms with Crippen molar-refractivity contribution in [2.75, 3.05) is 0 Å². The van der Waals surface area contributed by atoms with Gasteiger partial charge < -0.3 is 0 Å². The number of hydrogen-bond donors (Lipinski definition) is 0. The second-order valence-corrected chi connectivity index (χ2v) is 4.75. The van der Waals surface area contributed by atoms with Crippen LogP contribution < -0.4 is 0 Å². The molecule has 86 valence electrons. The minimum absolute atomic E-state index is 0.942. The lowest BCUT2D eigenvalue weighted by Crippen LogP contribution is -1.96. The predicted octanol–water partition coefficient (Wildman–Crippen LogP) is 4.31. The Hall–Kier alpha value is -1.63. The zero-order valence-corrected chi connectivity index (χ0v) is 10.6. The normalized spacial score (nSPS) is 12.4. The van der Waals surface area contributed by atoms with Gasteiger partial charge in [0, 0.05) is 0 Å². The lowest BCUT2D eigenvalue weighted by Gasteiger charge is -2.05. The average Bonchev–Trinajstić information content (AvgIpc) is 2.67. The van der Waals surface area contributed by atoms with Crippen molar-refractivity contribution in [3.05, 3.63) is 52.5 Å². The Labute approximate surface area is 102 Å².